The fourth-order valence-electron chi connectivity index (χ4n) is 1.73. The van der Waals surface area contributed by atoms with Crippen molar-refractivity contribution < 1.29 is 13.9 Å². The summed E-state index contributed by atoms with van der Waals surface area (Å²) < 4.78 is 18.9. The van der Waals surface area contributed by atoms with Crippen LogP contribution in [0.5, 0.6) is 0 Å². The van der Waals surface area contributed by atoms with Crippen LogP contribution in [0, 0.1) is 5.82 Å². The number of likely N-dealkylation sites (N-methyl/N-ethyl adjacent to an activating group) is 2. The van der Waals surface area contributed by atoms with Gasteiger partial charge in [-0.25, -0.2) is 9.18 Å². The molecule has 0 saturated heterocycles. The molecule has 0 aliphatic heterocycles. The lowest BCUT2D eigenvalue weighted by Gasteiger charge is -2.23. The molecule has 0 aromatic heterocycles. The van der Waals surface area contributed by atoms with Gasteiger partial charge in [0.05, 0.1) is 17.9 Å². The van der Waals surface area contributed by atoms with Gasteiger partial charge in [-0.05, 0) is 33.2 Å². The maximum absolute atomic E-state index is 14.0. The highest BCUT2D eigenvalue weighted by molar-refractivity contribution is 5.96. The second kappa shape index (κ2) is 7.09. The molecule has 0 bridgehead atoms. The fraction of sp³-hybridized carbons (Fsp3) is 0.500. The molecule has 0 aliphatic rings. The highest BCUT2D eigenvalue weighted by atomic mass is 19.1. The molecule has 1 aromatic carbocycles. The molecule has 0 aliphatic carbocycles. The fourth-order valence-corrected chi connectivity index (χ4v) is 1.73. The third-order valence-electron chi connectivity index (χ3n) is 2.91. The van der Waals surface area contributed by atoms with Crippen LogP contribution in [0.4, 0.5) is 15.8 Å². The summed E-state index contributed by atoms with van der Waals surface area (Å²) in [6, 6.07) is 2.60. The van der Waals surface area contributed by atoms with Crippen LogP contribution >= 0.6 is 0 Å². The second-order valence-corrected chi connectivity index (χ2v) is 4.84. The number of carbonyl (C=O) groups is 1. The van der Waals surface area contributed by atoms with E-state index in [9.17, 15) is 9.18 Å². The Morgan fingerprint density at radius 3 is 2.50 bits per heavy atom. The number of ether oxygens (including phenoxy) is 1. The van der Waals surface area contributed by atoms with Crippen LogP contribution in [0.2, 0.25) is 0 Å². The quantitative estimate of drug-likeness (QED) is 0.634. The third kappa shape index (κ3) is 4.09. The number of nitrogen functional groups attached to an aromatic ring is 1. The minimum Gasteiger partial charge on any atom is -0.462 e. The Balaban J connectivity index is 3.01. The van der Waals surface area contributed by atoms with Gasteiger partial charge in [0.1, 0.15) is 5.82 Å². The van der Waals surface area contributed by atoms with Gasteiger partial charge in [0.2, 0.25) is 0 Å². The molecular formula is C14H22FN3O2. The van der Waals surface area contributed by atoms with E-state index in [4.69, 9.17) is 10.5 Å². The summed E-state index contributed by atoms with van der Waals surface area (Å²) >= 11 is 0. The molecule has 20 heavy (non-hydrogen) atoms. The lowest BCUT2D eigenvalue weighted by molar-refractivity contribution is 0.0527. The number of nitrogens with two attached hydrogens (primary N) is 1. The largest absolute Gasteiger partial charge is 0.462 e. The summed E-state index contributed by atoms with van der Waals surface area (Å²) in [6.07, 6.45) is 0. The van der Waals surface area contributed by atoms with E-state index in [1.165, 1.54) is 6.07 Å². The second-order valence-electron chi connectivity index (χ2n) is 4.84. The van der Waals surface area contributed by atoms with E-state index in [-0.39, 0.29) is 17.9 Å². The zero-order valence-corrected chi connectivity index (χ0v) is 12.4. The van der Waals surface area contributed by atoms with Crippen molar-refractivity contribution in [3.63, 3.8) is 0 Å². The number of anilines is 2. The Labute approximate surface area is 119 Å². The van der Waals surface area contributed by atoms with E-state index in [2.05, 4.69) is 0 Å². The number of halogens is 1. The average Bonchev–Trinajstić information content (AvgIpc) is 2.36. The molecule has 6 heteroatoms. The van der Waals surface area contributed by atoms with Crippen molar-refractivity contribution in [2.24, 2.45) is 0 Å². The number of esters is 1. The van der Waals surface area contributed by atoms with Crippen molar-refractivity contribution in [2.75, 3.05) is 51.5 Å². The van der Waals surface area contributed by atoms with Gasteiger partial charge < -0.3 is 20.3 Å². The molecule has 0 amide bonds. The minimum atomic E-state index is -0.535. The first kappa shape index (κ1) is 16.2. The molecule has 2 N–H and O–H groups in total. The molecule has 0 saturated carbocycles. The predicted molar refractivity (Wildman–Crippen MR) is 78.6 cm³/mol. The maximum Gasteiger partial charge on any atom is 0.340 e. The number of carbonyl (C=O) groups excluding carboxylic acids is 1. The first-order valence-electron chi connectivity index (χ1n) is 6.48. The summed E-state index contributed by atoms with van der Waals surface area (Å²) in [5.74, 6) is -0.982. The zero-order valence-electron chi connectivity index (χ0n) is 12.4. The molecule has 0 heterocycles. The third-order valence-corrected chi connectivity index (χ3v) is 2.91. The minimum absolute atomic E-state index is 0.0886. The van der Waals surface area contributed by atoms with Gasteiger partial charge in [0, 0.05) is 25.8 Å². The topological polar surface area (TPSA) is 58.8 Å². The first-order valence-corrected chi connectivity index (χ1v) is 6.48. The first-order chi connectivity index (χ1) is 9.36. The van der Waals surface area contributed by atoms with E-state index in [0.29, 0.717) is 12.2 Å². The molecule has 0 unspecified atom stereocenters. The number of nitrogens with zero attached hydrogens (tertiary/aromatic N) is 2. The van der Waals surface area contributed by atoms with Gasteiger partial charge in [-0.2, -0.15) is 0 Å². The number of rotatable bonds is 6. The highest BCUT2D eigenvalue weighted by Crippen LogP contribution is 2.25. The lowest BCUT2D eigenvalue weighted by Crippen LogP contribution is -2.29. The molecule has 0 radical (unpaired) electrons. The molecule has 0 spiro atoms. The maximum atomic E-state index is 14.0. The Hall–Kier alpha value is -1.82. The molecule has 1 rings (SSSR count). The molecular weight excluding hydrogens is 261 g/mol. The highest BCUT2D eigenvalue weighted by Gasteiger charge is 2.17. The van der Waals surface area contributed by atoms with Crippen LogP contribution in [-0.2, 0) is 4.74 Å². The Morgan fingerprint density at radius 2 is 1.95 bits per heavy atom. The Morgan fingerprint density at radius 1 is 1.30 bits per heavy atom. The number of benzene rings is 1. The summed E-state index contributed by atoms with van der Waals surface area (Å²) in [5.41, 5.74) is 6.30. The zero-order chi connectivity index (χ0) is 15.3. The van der Waals surface area contributed by atoms with Crippen LogP contribution < -0.4 is 10.6 Å². The van der Waals surface area contributed by atoms with Crippen LogP contribution in [0.15, 0.2) is 12.1 Å². The summed E-state index contributed by atoms with van der Waals surface area (Å²) in [6.45, 7) is 3.37. The van der Waals surface area contributed by atoms with Crippen molar-refractivity contribution in [1.29, 1.82) is 0 Å². The van der Waals surface area contributed by atoms with Gasteiger partial charge in [-0.1, -0.05) is 0 Å². The molecule has 0 atom stereocenters. The van der Waals surface area contributed by atoms with E-state index in [1.807, 2.05) is 19.0 Å². The molecule has 1 aromatic rings. The SMILES string of the molecule is CCOC(=O)c1cc(N(C)CCN(C)C)c(F)cc1N. The number of hydrogen-bond donors (Lipinski definition) is 1. The Kier molecular flexibility index (Phi) is 5.76. The van der Waals surface area contributed by atoms with Gasteiger partial charge >= 0.3 is 5.97 Å². The van der Waals surface area contributed by atoms with Crippen LogP contribution in [0.25, 0.3) is 0 Å². The summed E-state index contributed by atoms with van der Waals surface area (Å²) in [5, 5.41) is 0. The lowest BCUT2D eigenvalue weighted by atomic mass is 10.1. The van der Waals surface area contributed by atoms with Gasteiger partial charge in [-0.3, -0.25) is 0 Å². The van der Waals surface area contributed by atoms with Crippen LogP contribution in [0.1, 0.15) is 17.3 Å². The van der Waals surface area contributed by atoms with E-state index >= 15 is 0 Å². The average molecular weight is 283 g/mol. The standard InChI is InChI=1S/C14H22FN3O2/c1-5-20-14(19)10-8-13(11(15)9-12(10)16)18(4)7-6-17(2)3/h8-9H,5-7,16H2,1-4H3. The van der Waals surface area contributed by atoms with Crippen LogP contribution in [-0.4, -0.2) is 51.7 Å². The van der Waals surface area contributed by atoms with Crippen LogP contribution in [0.3, 0.4) is 0 Å². The van der Waals surface area contributed by atoms with E-state index in [0.717, 1.165) is 12.6 Å². The van der Waals surface area contributed by atoms with Gasteiger partial charge in [-0.15, -0.1) is 0 Å². The molecule has 0 fully saturated rings. The molecule has 5 nitrogen and oxygen atoms in total. The van der Waals surface area contributed by atoms with Crippen molar-refractivity contribution >= 4 is 17.3 Å². The van der Waals surface area contributed by atoms with E-state index < -0.39 is 11.8 Å². The van der Waals surface area contributed by atoms with Crippen molar-refractivity contribution in [2.45, 2.75) is 6.92 Å². The Bertz CT molecular complexity index is 478. The monoisotopic (exact) mass is 283 g/mol. The number of hydrogen-bond acceptors (Lipinski definition) is 5. The summed E-state index contributed by atoms with van der Waals surface area (Å²) in [4.78, 5) is 15.5. The van der Waals surface area contributed by atoms with Crippen molar-refractivity contribution in [3.05, 3.63) is 23.5 Å². The van der Waals surface area contributed by atoms with Crippen molar-refractivity contribution in [1.82, 2.24) is 4.90 Å². The molecule has 112 valence electrons. The van der Waals surface area contributed by atoms with E-state index in [1.54, 1.807) is 18.9 Å². The smallest absolute Gasteiger partial charge is 0.340 e. The van der Waals surface area contributed by atoms with Gasteiger partial charge in [0.15, 0.2) is 0 Å². The van der Waals surface area contributed by atoms with Gasteiger partial charge in [0.25, 0.3) is 0 Å². The summed E-state index contributed by atoms with van der Waals surface area (Å²) in [7, 11) is 5.65. The normalized spacial score (nSPS) is 10.7. The van der Waals surface area contributed by atoms with Crippen molar-refractivity contribution in [3.8, 4) is 0 Å². The predicted octanol–water partition coefficient (Wildman–Crippen LogP) is 1.58.